The minimum Gasteiger partial charge on any atom is -0.419 e. The number of nitrogens with one attached hydrogen (secondary N) is 1. The molecule has 5 nitrogen and oxygen atoms in total. The van der Waals surface area contributed by atoms with Crippen LogP contribution in [0.3, 0.4) is 0 Å². The van der Waals surface area contributed by atoms with Crippen LogP contribution in [0.1, 0.15) is 11.1 Å². The van der Waals surface area contributed by atoms with E-state index in [9.17, 15) is 8.42 Å². The molecular formula is C23H19BrN2O3S. The van der Waals surface area contributed by atoms with Gasteiger partial charge in [-0.05, 0) is 62.4 Å². The number of aromatic nitrogens is 1. The first-order valence-electron chi connectivity index (χ1n) is 9.25. The molecule has 0 aliphatic carbocycles. The number of benzene rings is 3. The summed E-state index contributed by atoms with van der Waals surface area (Å²) in [7, 11) is -3.90. The van der Waals surface area contributed by atoms with Gasteiger partial charge in [0.1, 0.15) is 0 Å². The van der Waals surface area contributed by atoms with Gasteiger partial charge < -0.3 is 9.73 Å². The highest BCUT2D eigenvalue weighted by atomic mass is 79.9. The first kappa shape index (κ1) is 20.4. The highest BCUT2D eigenvalue weighted by molar-refractivity contribution is 9.10. The van der Waals surface area contributed by atoms with Crippen LogP contribution in [0.25, 0.3) is 11.5 Å². The lowest BCUT2D eigenvalue weighted by Crippen LogP contribution is -2.05. The highest BCUT2D eigenvalue weighted by Gasteiger charge is 2.28. The van der Waals surface area contributed by atoms with Gasteiger partial charge in [-0.2, -0.15) is 4.98 Å². The first-order valence-corrected chi connectivity index (χ1v) is 11.5. The van der Waals surface area contributed by atoms with Crippen molar-refractivity contribution in [3.63, 3.8) is 0 Å². The minimum absolute atomic E-state index is 0.0817. The van der Waals surface area contributed by atoms with Crippen LogP contribution in [0.4, 0.5) is 11.6 Å². The largest absolute Gasteiger partial charge is 0.419 e. The van der Waals surface area contributed by atoms with Crippen molar-refractivity contribution in [2.75, 3.05) is 5.32 Å². The third kappa shape index (κ3) is 4.17. The van der Waals surface area contributed by atoms with Crippen molar-refractivity contribution < 1.29 is 12.8 Å². The zero-order chi connectivity index (χ0) is 21.3. The van der Waals surface area contributed by atoms with E-state index in [4.69, 9.17) is 4.42 Å². The molecule has 0 radical (unpaired) electrons. The Hall–Kier alpha value is -2.90. The summed E-state index contributed by atoms with van der Waals surface area (Å²) < 4.78 is 33.4. The van der Waals surface area contributed by atoms with Crippen molar-refractivity contribution in [3.8, 4) is 11.5 Å². The Morgan fingerprint density at radius 1 is 0.900 bits per heavy atom. The topological polar surface area (TPSA) is 72.2 Å². The van der Waals surface area contributed by atoms with Crippen molar-refractivity contribution in [2.45, 2.75) is 23.8 Å². The zero-order valence-corrected chi connectivity index (χ0v) is 18.8. The summed E-state index contributed by atoms with van der Waals surface area (Å²) in [6, 6.07) is 21.6. The van der Waals surface area contributed by atoms with Crippen molar-refractivity contribution in [3.05, 3.63) is 88.4 Å². The molecule has 3 aromatic carbocycles. The average molecular weight is 483 g/mol. The Morgan fingerprint density at radius 3 is 2.27 bits per heavy atom. The maximum Gasteiger partial charge on any atom is 0.238 e. The summed E-state index contributed by atoms with van der Waals surface area (Å²) in [5.41, 5.74) is 3.54. The van der Waals surface area contributed by atoms with Gasteiger partial charge in [0.05, 0.1) is 4.90 Å². The summed E-state index contributed by atoms with van der Waals surface area (Å²) in [6.07, 6.45) is 0. The Morgan fingerprint density at radius 2 is 1.60 bits per heavy atom. The highest BCUT2D eigenvalue weighted by Crippen LogP contribution is 2.34. The fraction of sp³-hybridized carbons (Fsp3) is 0.0870. The smallest absolute Gasteiger partial charge is 0.238 e. The van der Waals surface area contributed by atoms with Gasteiger partial charge in [0.15, 0.2) is 0 Å². The molecule has 0 unspecified atom stereocenters. The number of halogens is 1. The van der Waals surface area contributed by atoms with Crippen LogP contribution < -0.4 is 5.32 Å². The molecule has 4 rings (SSSR count). The summed E-state index contributed by atoms with van der Waals surface area (Å²) in [5, 5.41) is 2.92. The quantitative estimate of drug-likeness (QED) is 0.361. The van der Waals surface area contributed by atoms with Gasteiger partial charge in [0.25, 0.3) is 0 Å². The molecule has 0 saturated carbocycles. The molecular weight excluding hydrogens is 464 g/mol. The van der Waals surface area contributed by atoms with Crippen LogP contribution in [0, 0.1) is 13.8 Å². The first-order chi connectivity index (χ1) is 14.3. The van der Waals surface area contributed by atoms with Crippen molar-refractivity contribution >= 4 is 37.3 Å². The molecule has 30 heavy (non-hydrogen) atoms. The van der Waals surface area contributed by atoms with E-state index in [0.717, 1.165) is 15.6 Å². The Kier molecular flexibility index (Phi) is 5.49. The van der Waals surface area contributed by atoms with Gasteiger partial charge in [-0.15, -0.1) is 0 Å². The third-order valence-electron chi connectivity index (χ3n) is 4.55. The van der Waals surface area contributed by atoms with E-state index < -0.39 is 9.84 Å². The second-order valence-electron chi connectivity index (χ2n) is 6.97. The molecule has 152 valence electrons. The second-order valence-corrected chi connectivity index (χ2v) is 9.75. The van der Waals surface area contributed by atoms with E-state index in [2.05, 4.69) is 26.2 Å². The standard InChI is InChI=1S/C23H19BrN2O3S/c1-15-6-10-19(11-7-15)25-22-23(30(27,28)20-12-8-18(24)9-13-20)26-21(29-22)17-5-3-4-16(2)14-17/h3-14,25H,1-2H3. The molecule has 0 amide bonds. The number of anilines is 2. The third-order valence-corrected chi connectivity index (χ3v) is 6.76. The number of hydrogen-bond acceptors (Lipinski definition) is 5. The molecule has 1 heterocycles. The van der Waals surface area contributed by atoms with Crippen molar-refractivity contribution in [2.24, 2.45) is 0 Å². The van der Waals surface area contributed by atoms with Gasteiger partial charge >= 0.3 is 0 Å². The monoisotopic (exact) mass is 482 g/mol. The lowest BCUT2D eigenvalue weighted by atomic mass is 10.1. The molecule has 0 saturated heterocycles. The number of hydrogen-bond donors (Lipinski definition) is 1. The van der Waals surface area contributed by atoms with E-state index in [0.29, 0.717) is 11.3 Å². The van der Waals surface area contributed by atoms with Crippen molar-refractivity contribution in [1.29, 1.82) is 0 Å². The minimum atomic E-state index is -3.90. The summed E-state index contributed by atoms with van der Waals surface area (Å²) in [5.74, 6) is 0.322. The van der Waals surface area contributed by atoms with Gasteiger partial charge in [-0.3, -0.25) is 0 Å². The second kappa shape index (κ2) is 8.08. The lowest BCUT2D eigenvalue weighted by Gasteiger charge is -2.06. The molecule has 0 spiro atoms. The molecule has 0 fully saturated rings. The van der Waals surface area contributed by atoms with Crippen LogP contribution in [-0.4, -0.2) is 13.4 Å². The number of sulfone groups is 1. The fourth-order valence-corrected chi connectivity index (χ4v) is 4.48. The van der Waals surface area contributed by atoms with Crippen molar-refractivity contribution in [1.82, 2.24) is 4.98 Å². The molecule has 1 aromatic heterocycles. The molecule has 1 N–H and O–H groups in total. The molecule has 0 aliphatic heterocycles. The Bertz CT molecular complexity index is 1300. The molecule has 4 aromatic rings. The number of nitrogens with zero attached hydrogens (tertiary/aromatic N) is 1. The van der Waals surface area contributed by atoms with E-state index in [1.165, 1.54) is 12.1 Å². The summed E-state index contributed by atoms with van der Waals surface area (Å²) >= 11 is 3.33. The Labute approximate surface area is 183 Å². The van der Waals surface area contributed by atoms with E-state index in [1.54, 1.807) is 12.1 Å². The van der Waals surface area contributed by atoms with Crippen LogP contribution in [0.2, 0.25) is 0 Å². The molecule has 0 bridgehead atoms. The van der Waals surface area contributed by atoms with E-state index >= 15 is 0 Å². The van der Waals surface area contributed by atoms with E-state index in [1.807, 2.05) is 62.4 Å². The fourth-order valence-electron chi connectivity index (χ4n) is 2.96. The van der Waals surface area contributed by atoms with Crippen LogP contribution in [0.5, 0.6) is 0 Å². The average Bonchev–Trinajstić information content (AvgIpc) is 3.15. The SMILES string of the molecule is Cc1ccc(Nc2oc(-c3cccc(C)c3)nc2S(=O)(=O)c2ccc(Br)cc2)cc1. The van der Waals surface area contributed by atoms with Crippen LogP contribution >= 0.6 is 15.9 Å². The maximum absolute atomic E-state index is 13.3. The van der Waals surface area contributed by atoms with Crippen LogP contribution in [0.15, 0.2) is 91.6 Å². The normalized spacial score (nSPS) is 11.4. The maximum atomic E-state index is 13.3. The van der Waals surface area contributed by atoms with Gasteiger partial charge in [0.2, 0.25) is 26.6 Å². The van der Waals surface area contributed by atoms with Gasteiger partial charge in [0, 0.05) is 15.7 Å². The predicted molar refractivity (Wildman–Crippen MR) is 121 cm³/mol. The van der Waals surface area contributed by atoms with E-state index in [-0.39, 0.29) is 21.7 Å². The van der Waals surface area contributed by atoms with Gasteiger partial charge in [-0.25, -0.2) is 8.42 Å². The number of oxazole rings is 1. The zero-order valence-electron chi connectivity index (χ0n) is 16.4. The molecule has 0 atom stereocenters. The summed E-state index contributed by atoms with van der Waals surface area (Å²) in [6.45, 7) is 3.94. The summed E-state index contributed by atoms with van der Waals surface area (Å²) in [4.78, 5) is 4.52. The molecule has 7 heteroatoms. The Balaban J connectivity index is 1.84. The van der Waals surface area contributed by atoms with Crippen LogP contribution in [-0.2, 0) is 9.84 Å². The molecule has 0 aliphatic rings. The number of aryl methyl sites for hydroxylation is 2. The lowest BCUT2D eigenvalue weighted by molar-refractivity contribution is 0.582. The van der Waals surface area contributed by atoms with Gasteiger partial charge in [-0.1, -0.05) is 51.3 Å². The number of rotatable bonds is 5. The predicted octanol–water partition coefficient (Wildman–Crippen LogP) is 6.30.